The lowest BCUT2D eigenvalue weighted by Gasteiger charge is -2.11. The molecule has 24 heavy (non-hydrogen) atoms. The summed E-state index contributed by atoms with van der Waals surface area (Å²) in [5.74, 6) is 1.55. The number of aliphatic imine (C=N–C) groups is 1. The molecule has 130 valence electrons. The second kappa shape index (κ2) is 9.95. The molecule has 0 aromatic heterocycles. The highest BCUT2D eigenvalue weighted by atomic mass is 127. The van der Waals surface area contributed by atoms with Crippen molar-refractivity contribution in [1.29, 1.82) is 0 Å². The third-order valence-corrected chi connectivity index (χ3v) is 3.94. The van der Waals surface area contributed by atoms with E-state index < -0.39 is 0 Å². The Hall–Kier alpha value is -1.19. The number of hydrogen-bond acceptors (Lipinski definition) is 3. The number of anilines is 1. The molecule has 0 bridgehead atoms. The largest absolute Gasteiger partial charge is 0.493 e. The van der Waals surface area contributed by atoms with Crippen molar-refractivity contribution in [3.05, 3.63) is 51.5 Å². The maximum atomic E-state index is 6.16. The van der Waals surface area contributed by atoms with Gasteiger partial charge in [0.05, 0.1) is 20.8 Å². The minimum Gasteiger partial charge on any atom is -0.493 e. The van der Waals surface area contributed by atoms with Gasteiger partial charge in [0, 0.05) is 21.2 Å². The van der Waals surface area contributed by atoms with Crippen molar-refractivity contribution in [1.82, 2.24) is 0 Å². The normalized spacial score (nSPS) is 10.8. The average Bonchev–Trinajstić information content (AvgIpc) is 2.54. The van der Waals surface area contributed by atoms with E-state index in [1.54, 1.807) is 26.4 Å². The molecule has 8 heteroatoms. The van der Waals surface area contributed by atoms with Gasteiger partial charge in [0.2, 0.25) is 0 Å². The quantitative estimate of drug-likeness (QED) is 0.338. The third-order valence-electron chi connectivity index (χ3n) is 3.09. The van der Waals surface area contributed by atoms with E-state index in [2.05, 4.69) is 26.2 Å². The van der Waals surface area contributed by atoms with Crippen LogP contribution in [0.15, 0.2) is 45.9 Å². The van der Waals surface area contributed by atoms with Crippen LogP contribution < -0.4 is 20.5 Å². The van der Waals surface area contributed by atoms with Crippen LogP contribution in [0.1, 0.15) is 5.56 Å². The van der Waals surface area contributed by atoms with Crippen LogP contribution in [-0.2, 0) is 6.54 Å². The molecule has 0 atom stereocenters. The van der Waals surface area contributed by atoms with Crippen LogP contribution in [0, 0.1) is 0 Å². The topological polar surface area (TPSA) is 68.9 Å². The molecule has 0 spiro atoms. The van der Waals surface area contributed by atoms with Crippen molar-refractivity contribution in [3.8, 4) is 11.5 Å². The Morgan fingerprint density at radius 3 is 2.50 bits per heavy atom. The fraction of sp³-hybridized carbons (Fsp3) is 0.188. The second-order valence-electron chi connectivity index (χ2n) is 4.63. The zero-order valence-corrected chi connectivity index (χ0v) is 17.8. The Morgan fingerprint density at radius 2 is 1.88 bits per heavy atom. The van der Waals surface area contributed by atoms with E-state index in [1.807, 2.05) is 24.3 Å². The van der Waals surface area contributed by atoms with Crippen molar-refractivity contribution in [2.24, 2.45) is 10.7 Å². The van der Waals surface area contributed by atoms with E-state index in [1.165, 1.54) is 0 Å². The van der Waals surface area contributed by atoms with Gasteiger partial charge in [-0.2, -0.15) is 0 Å². The highest BCUT2D eigenvalue weighted by Crippen LogP contribution is 2.29. The van der Waals surface area contributed by atoms with Gasteiger partial charge in [0.25, 0.3) is 0 Å². The fourth-order valence-corrected chi connectivity index (χ4v) is 2.65. The first-order valence-corrected chi connectivity index (χ1v) is 7.93. The summed E-state index contributed by atoms with van der Waals surface area (Å²) in [7, 11) is 3.16. The smallest absolute Gasteiger partial charge is 0.193 e. The number of halogens is 3. The van der Waals surface area contributed by atoms with Crippen LogP contribution in [0.5, 0.6) is 11.5 Å². The Labute approximate surface area is 171 Å². The summed E-state index contributed by atoms with van der Waals surface area (Å²) in [6.45, 7) is 0.387. The van der Waals surface area contributed by atoms with Crippen LogP contribution in [0.3, 0.4) is 0 Å². The van der Waals surface area contributed by atoms with Crippen molar-refractivity contribution in [2.45, 2.75) is 6.54 Å². The molecule has 0 aliphatic carbocycles. The molecule has 5 nitrogen and oxygen atoms in total. The number of benzene rings is 2. The lowest BCUT2D eigenvalue weighted by molar-refractivity contribution is 0.355. The number of methoxy groups -OCH3 is 2. The summed E-state index contributed by atoms with van der Waals surface area (Å²) in [6, 6.07) is 11.0. The van der Waals surface area contributed by atoms with Crippen molar-refractivity contribution in [3.63, 3.8) is 0 Å². The molecule has 0 fully saturated rings. The van der Waals surface area contributed by atoms with Gasteiger partial charge in [-0.25, -0.2) is 4.99 Å². The van der Waals surface area contributed by atoms with E-state index in [0.717, 1.165) is 15.7 Å². The zero-order valence-electron chi connectivity index (χ0n) is 13.2. The number of rotatable bonds is 5. The predicted molar refractivity (Wildman–Crippen MR) is 113 cm³/mol. The Bertz CT molecular complexity index is 728. The highest BCUT2D eigenvalue weighted by Gasteiger charge is 2.05. The van der Waals surface area contributed by atoms with Gasteiger partial charge in [0.1, 0.15) is 0 Å². The molecule has 2 rings (SSSR count). The first kappa shape index (κ1) is 20.9. The first-order chi connectivity index (χ1) is 11.0. The maximum Gasteiger partial charge on any atom is 0.193 e. The van der Waals surface area contributed by atoms with Gasteiger partial charge in [-0.1, -0.05) is 33.6 Å². The molecule has 3 N–H and O–H groups in total. The van der Waals surface area contributed by atoms with Crippen LogP contribution in [0.4, 0.5) is 5.69 Å². The Balaban J connectivity index is 0.00000288. The molecule has 0 radical (unpaired) electrons. The lowest BCUT2D eigenvalue weighted by Crippen LogP contribution is -2.22. The van der Waals surface area contributed by atoms with Crippen molar-refractivity contribution in [2.75, 3.05) is 19.5 Å². The van der Waals surface area contributed by atoms with Gasteiger partial charge >= 0.3 is 0 Å². The predicted octanol–water partition coefficient (Wildman–Crippen LogP) is 4.66. The summed E-state index contributed by atoms with van der Waals surface area (Å²) in [6.07, 6.45) is 0. The van der Waals surface area contributed by atoms with E-state index in [0.29, 0.717) is 23.1 Å². The number of hydrogen-bond donors (Lipinski definition) is 2. The zero-order chi connectivity index (χ0) is 16.8. The average molecular weight is 527 g/mol. The second-order valence-corrected chi connectivity index (χ2v) is 5.95. The molecule has 2 aromatic rings. The monoisotopic (exact) mass is 525 g/mol. The molecular weight excluding hydrogens is 508 g/mol. The van der Waals surface area contributed by atoms with Gasteiger partial charge in [-0.3, -0.25) is 0 Å². The summed E-state index contributed by atoms with van der Waals surface area (Å²) in [4.78, 5) is 4.29. The molecule has 0 saturated carbocycles. The molecule has 0 aliphatic heterocycles. The molecule has 0 unspecified atom stereocenters. The van der Waals surface area contributed by atoms with Gasteiger partial charge < -0.3 is 20.5 Å². The van der Waals surface area contributed by atoms with Gasteiger partial charge in [-0.05, 0) is 29.8 Å². The summed E-state index contributed by atoms with van der Waals surface area (Å²) < 4.78 is 11.4. The Kier molecular flexibility index (Phi) is 8.65. The molecule has 0 amide bonds. The number of ether oxygens (including phenoxy) is 2. The van der Waals surface area contributed by atoms with Crippen LogP contribution in [0.2, 0.25) is 5.02 Å². The first-order valence-electron chi connectivity index (χ1n) is 6.76. The highest BCUT2D eigenvalue weighted by molar-refractivity contribution is 14.0. The summed E-state index contributed by atoms with van der Waals surface area (Å²) in [5.41, 5.74) is 7.56. The summed E-state index contributed by atoms with van der Waals surface area (Å²) in [5, 5.41) is 3.65. The van der Waals surface area contributed by atoms with E-state index >= 15 is 0 Å². The van der Waals surface area contributed by atoms with E-state index in [4.69, 9.17) is 26.8 Å². The summed E-state index contributed by atoms with van der Waals surface area (Å²) >= 11 is 9.52. The number of nitrogens with two attached hydrogens (primary N) is 1. The third kappa shape index (κ3) is 5.71. The SMILES string of the molecule is COc1ccc(NC(N)=NCc2ccc(Br)cc2Cl)cc1OC.I. The van der Waals surface area contributed by atoms with E-state index in [-0.39, 0.29) is 29.9 Å². The van der Waals surface area contributed by atoms with Gasteiger partial charge in [-0.15, -0.1) is 24.0 Å². The standard InChI is InChI=1S/C16H17BrClN3O2.HI/c1-22-14-6-5-12(8-15(14)23-2)21-16(19)20-9-10-3-4-11(17)7-13(10)18;/h3-8H,9H2,1-2H3,(H3,19,20,21);1H. The molecule has 0 saturated heterocycles. The van der Waals surface area contributed by atoms with Crippen LogP contribution in [0.25, 0.3) is 0 Å². The van der Waals surface area contributed by atoms with E-state index in [9.17, 15) is 0 Å². The van der Waals surface area contributed by atoms with Crippen molar-refractivity contribution >= 4 is 63.2 Å². The minimum absolute atomic E-state index is 0. The number of nitrogens with one attached hydrogen (secondary N) is 1. The van der Waals surface area contributed by atoms with Crippen LogP contribution in [-0.4, -0.2) is 20.2 Å². The molecule has 0 aliphatic rings. The number of guanidine groups is 1. The number of nitrogens with zero attached hydrogens (tertiary/aromatic N) is 1. The fourth-order valence-electron chi connectivity index (χ4n) is 1.92. The van der Waals surface area contributed by atoms with Gasteiger partial charge in [0.15, 0.2) is 17.5 Å². The maximum absolute atomic E-state index is 6.16. The lowest BCUT2D eigenvalue weighted by atomic mass is 10.2. The minimum atomic E-state index is 0. The molecule has 0 heterocycles. The Morgan fingerprint density at radius 1 is 1.17 bits per heavy atom. The van der Waals surface area contributed by atoms with Crippen LogP contribution >= 0.6 is 51.5 Å². The van der Waals surface area contributed by atoms with Crippen molar-refractivity contribution < 1.29 is 9.47 Å². The molecular formula is C16H18BrClIN3O2. The molecule has 2 aromatic carbocycles.